The first-order valence-electron chi connectivity index (χ1n) is 9.58. The third-order valence-corrected chi connectivity index (χ3v) is 5.48. The molecule has 2 aromatic rings. The molecule has 1 aliphatic carbocycles. The number of nitrogens with one attached hydrogen (secondary N) is 1. The van der Waals surface area contributed by atoms with Gasteiger partial charge in [0.15, 0.2) is 0 Å². The van der Waals surface area contributed by atoms with E-state index >= 15 is 0 Å². The zero-order valence-corrected chi connectivity index (χ0v) is 16.6. The van der Waals surface area contributed by atoms with Crippen molar-refractivity contribution >= 4 is 12.1 Å². The number of benzene rings is 2. The van der Waals surface area contributed by atoms with E-state index in [4.69, 9.17) is 9.84 Å². The van der Waals surface area contributed by atoms with Gasteiger partial charge < -0.3 is 15.2 Å². The fourth-order valence-corrected chi connectivity index (χ4v) is 3.75. The molecule has 28 heavy (non-hydrogen) atoms. The van der Waals surface area contributed by atoms with E-state index in [9.17, 15) is 9.59 Å². The van der Waals surface area contributed by atoms with Crippen molar-refractivity contribution in [3.05, 3.63) is 59.7 Å². The normalized spacial score (nSPS) is 14.1. The first-order valence-corrected chi connectivity index (χ1v) is 9.58. The second kappa shape index (κ2) is 8.05. The molecule has 5 heteroatoms. The summed E-state index contributed by atoms with van der Waals surface area (Å²) in [4.78, 5) is 23.4. The van der Waals surface area contributed by atoms with Crippen molar-refractivity contribution in [3.8, 4) is 11.1 Å². The van der Waals surface area contributed by atoms with Gasteiger partial charge in [0.05, 0.1) is 6.42 Å². The third kappa shape index (κ3) is 4.35. The predicted octanol–water partition coefficient (Wildman–Crippen LogP) is 4.66. The number of fused-ring (bicyclic) bond motifs is 3. The predicted molar refractivity (Wildman–Crippen MR) is 108 cm³/mol. The summed E-state index contributed by atoms with van der Waals surface area (Å²) in [6.07, 6.45) is -0.505. The topological polar surface area (TPSA) is 75.6 Å². The molecule has 0 bridgehead atoms. The second-order valence-electron chi connectivity index (χ2n) is 8.37. The lowest BCUT2D eigenvalue weighted by Crippen LogP contribution is -2.37. The molecule has 0 aromatic heterocycles. The van der Waals surface area contributed by atoms with Gasteiger partial charge in [-0.15, -0.1) is 0 Å². The maximum atomic E-state index is 12.3. The van der Waals surface area contributed by atoms with Gasteiger partial charge in [-0.05, 0) is 33.6 Å². The van der Waals surface area contributed by atoms with Crippen LogP contribution in [0.2, 0.25) is 0 Å². The summed E-state index contributed by atoms with van der Waals surface area (Å²) in [5.41, 5.74) is 4.46. The van der Waals surface area contributed by atoms with Crippen molar-refractivity contribution in [1.82, 2.24) is 5.32 Å². The maximum Gasteiger partial charge on any atom is 0.407 e. The Morgan fingerprint density at radius 3 is 2.07 bits per heavy atom. The first kappa shape index (κ1) is 19.9. The Morgan fingerprint density at radius 1 is 1.04 bits per heavy atom. The average Bonchev–Trinajstić information content (AvgIpc) is 2.96. The van der Waals surface area contributed by atoms with E-state index in [0.29, 0.717) is 0 Å². The highest BCUT2D eigenvalue weighted by Gasteiger charge is 2.30. The molecule has 1 amide bonds. The smallest absolute Gasteiger partial charge is 0.407 e. The summed E-state index contributed by atoms with van der Waals surface area (Å²) in [5.74, 6) is -1.03. The Balaban J connectivity index is 1.63. The quantitative estimate of drug-likeness (QED) is 0.763. The van der Waals surface area contributed by atoms with Crippen LogP contribution in [0.15, 0.2) is 48.5 Å². The molecule has 0 saturated heterocycles. The van der Waals surface area contributed by atoms with Crippen LogP contribution in [0.25, 0.3) is 11.1 Å². The lowest BCUT2D eigenvalue weighted by molar-refractivity contribution is -0.139. The molecule has 0 spiro atoms. The summed E-state index contributed by atoms with van der Waals surface area (Å²) in [5, 5.41) is 11.8. The van der Waals surface area contributed by atoms with E-state index in [-0.39, 0.29) is 36.8 Å². The molecule has 148 valence electrons. The minimum Gasteiger partial charge on any atom is -0.481 e. The van der Waals surface area contributed by atoms with E-state index in [0.717, 1.165) is 11.1 Å². The highest BCUT2D eigenvalue weighted by atomic mass is 16.5. The van der Waals surface area contributed by atoms with Crippen LogP contribution >= 0.6 is 0 Å². The summed E-state index contributed by atoms with van der Waals surface area (Å²) >= 11 is 0. The van der Waals surface area contributed by atoms with E-state index in [1.165, 1.54) is 11.1 Å². The zero-order chi connectivity index (χ0) is 20.3. The number of alkyl carbamates (subject to hydrolysis) is 1. The number of ether oxygens (including phenoxy) is 1. The number of carboxylic acid groups (broad SMARTS) is 1. The molecule has 1 aliphatic rings. The van der Waals surface area contributed by atoms with Crippen molar-refractivity contribution in [2.24, 2.45) is 11.3 Å². The summed E-state index contributed by atoms with van der Waals surface area (Å²) in [7, 11) is 0. The Labute approximate surface area is 165 Å². The molecule has 2 N–H and O–H groups in total. The number of carboxylic acids is 1. The van der Waals surface area contributed by atoms with Crippen LogP contribution in [0, 0.1) is 11.3 Å². The van der Waals surface area contributed by atoms with Crippen molar-refractivity contribution in [3.63, 3.8) is 0 Å². The Hall–Kier alpha value is -2.82. The minimum atomic E-state index is -0.866. The van der Waals surface area contributed by atoms with Crippen LogP contribution in [0.3, 0.4) is 0 Å². The van der Waals surface area contributed by atoms with Crippen LogP contribution in [-0.2, 0) is 9.53 Å². The molecular formula is C23H27NO4. The zero-order valence-electron chi connectivity index (χ0n) is 16.6. The van der Waals surface area contributed by atoms with Gasteiger partial charge in [0, 0.05) is 12.5 Å². The molecule has 0 aliphatic heterocycles. The first-order chi connectivity index (χ1) is 13.3. The lowest BCUT2D eigenvalue weighted by Gasteiger charge is -2.29. The SMILES string of the molecule is CC(C)(C)C(CNC(=O)OCC1c2ccccc2-c2ccccc21)CC(=O)O. The largest absolute Gasteiger partial charge is 0.481 e. The van der Waals surface area contributed by atoms with Gasteiger partial charge in [-0.2, -0.15) is 0 Å². The van der Waals surface area contributed by atoms with Crippen LogP contribution < -0.4 is 5.32 Å². The van der Waals surface area contributed by atoms with Crippen molar-refractivity contribution in [2.45, 2.75) is 33.1 Å². The van der Waals surface area contributed by atoms with E-state index in [1.54, 1.807) is 0 Å². The Bertz CT molecular complexity index is 823. The van der Waals surface area contributed by atoms with Crippen LogP contribution in [0.1, 0.15) is 44.2 Å². The van der Waals surface area contributed by atoms with Gasteiger partial charge in [-0.1, -0.05) is 69.3 Å². The summed E-state index contributed by atoms with van der Waals surface area (Å²) in [6.45, 7) is 6.44. The highest BCUT2D eigenvalue weighted by molar-refractivity contribution is 5.79. The highest BCUT2D eigenvalue weighted by Crippen LogP contribution is 2.44. The molecule has 0 fully saturated rings. The molecule has 3 rings (SSSR count). The molecule has 1 unspecified atom stereocenters. The van der Waals surface area contributed by atoms with Gasteiger partial charge in [-0.3, -0.25) is 4.79 Å². The summed E-state index contributed by atoms with van der Waals surface area (Å²) < 4.78 is 5.51. The second-order valence-corrected chi connectivity index (χ2v) is 8.37. The van der Waals surface area contributed by atoms with Crippen molar-refractivity contribution in [2.75, 3.05) is 13.2 Å². The van der Waals surface area contributed by atoms with Gasteiger partial charge in [0.2, 0.25) is 0 Å². The number of carbonyl (C=O) groups excluding carboxylic acids is 1. The molecule has 5 nitrogen and oxygen atoms in total. The van der Waals surface area contributed by atoms with Gasteiger partial charge in [0.1, 0.15) is 6.61 Å². The Kier molecular flexibility index (Phi) is 5.73. The fourth-order valence-electron chi connectivity index (χ4n) is 3.75. The molecular weight excluding hydrogens is 354 g/mol. The van der Waals surface area contributed by atoms with Crippen LogP contribution in [0.4, 0.5) is 4.79 Å². The van der Waals surface area contributed by atoms with Gasteiger partial charge in [-0.25, -0.2) is 4.79 Å². The average molecular weight is 381 g/mol. The van der Waals surface area contributed by atoms with E-state index in [1.807, 2.05) is 45.0 Å². The number of aliphatic carboxylic acids is 1. The van der Waals surface area contributed by atoms with E-state index < -0.39 is 12.1 Å². The fraction of sp³-hybridized carbons (Fsp3) is 0.391. The number of rotatable bonds is 6. The lowest BCUT2D eigenvalue weighted by atomic mass is 9.79. The third-order valence-electron chi connectivity index (χ3n) is 5.48. The van der Waals surface area contributed by atoms with Crippen molar-refractivity contribution < 1.29 is 19.4 Å². The molecule has 2 aromatic carbocycles. The Morgan fingerprint density at radius 2 is 1.57 bits per heavy atom. The minimum absolute atomic E-state index is 0.00710. The van der Waals surface area contributed by atoms with E-state index in [2.05, 4.69) is 29.6 Å². The number of hydrogen-bond acceptors (Lipinski definition) is 3. The molecule has 0 radical (unpaired) electrons. The molecule has 1 atom stereocenters. The van der Waals surface area contributed by atoms with Gasteiger partial charge >= 0.3 is 12.1 Å². The number of carbonyl (C=O) groups is 2. The molecule has 0 saturated carbocycles. The van der Waals surface area contributed by atoms with Crippen LogP contribution in [-0.4, -0.2) is 30.3 Å². The standard InChI is InChI=1S/C23H27NO4/c1-23(2,3)15(12-21(25)26)13-24-22(27)28-14-20-18-10-6-4-8-16(18)17-9-5-7-11-19(17)20/h4-11,15,20H,12-14H2,1-3H3,(H,24,27)(H,25,26). The number of hydrogen-bond donors (Lipinski definition) is 2. The number of amides is 1. The van der Waals surface area contributed by atoms with Crippen molar-refractivity contribution in [1.29, 1.82) is 0 Å². The summed E-state index contributed by atoms with van der Waals surface area (Å²) in [6, 6.07) is 16.4. The maximum absolute atomic E-state index is 12.3. The van der Waals surface area contributed by atoms with Crippen LogP contribution in [0.5, 0.6) is 0 Å². The monoisotopic (exact) mass is 381 g/mol. The molecule has 0 heterocycles. The van der Waals surface area contributed by atoms with Gasteiger partial charge in [0.25, 0.3) is 0 Å².